The normalized spacial score (nSPS) is 14.7. The number of carbonyl (C=O) groups is 2. The van der Waals surface area contributed by atoms with Gasteiger partial charge in [0.25, 0.3) is 5.91 Å². The lowest BCUT2D eigenvalue weighted by Crippen LogP contribution is -2.50. The number of nitrogens with one attached hydrogen (secondary N) is 1. The monoisotopic (exact) mass is 405 g/mol. The summed E-state index contributed by atoms with van der Waals surface area (Å²) in [7, 11) is 0. The maximum atomic E-state index is 12.7. The fraction of sp³-hybridized carbons (Fsp3) is 0.217. The minimum atomic E-state index is -0.355. The highest BCUT2D eigenvalue weighted by atomic mass is 35.5. The van der Waals surface area contributed by atoms with Crippen LogP contribution in [0.3, 0.4) is 0 Å². The molecule has 0 radical (unpaired) electrons. The van der Waals surface area contributed by atoms with Crippen molar-refractivity contribution in [3.63, 3.8) is 0 Å². The van der Waals surface area contributed by atoms with E-state index in [1.54, 1.807) is 24.3 Å². The summed E-state index contributed by atoms with van der Waals surface area (Å²) in [6.45, 7) is 0. The van der Waals surface area contributed by atoms with Crippen LogP contribution in [0.25, 0.3) is 0 Å². The first-order valence-corrected chi connectivity index (χ1v) is 9.89. The van der Waals surface area contributed by atoms with Gasteiger partial charge in [-0.2, -0.15) is 0 Å². The van der Waals surface area contributed by atoms with Crippen molar-refractivity contribution in [2.75, 3.05) is 0 Å². The van der Waals surface area contributed by atoms with Crippen molar-refractivity contribution >= 4 is 23.3 Å². The van der Waals surface area contributed by atoms with Crippen LogP contribution in [0, 0.1) is 0 Å². The lowest BCUT2D eigenvalue weighted by Gasteiger charge is -2.43. The molecule has 1 aliphatic rings. The van der Waals surface area contributed by atoms with E-state index in [0.717, 1.165) is 30.4 Å². The van der Waals surface area contributed by atoms with Crippen LogP contribution in [0.4, 0.5) is 0 Å². The Labute approximate surface area is 174 Å². The molecule has 3 aromatic rings. The first kappa shape index (κ1) is 19.3. The number of hydrogen-bond donors (Lipinski definition) is 1. The lowest BCUT2D eigenvalue weighted by molar-refractivity contribution is 0.0823. The molecule has 1 amide bonds. The Kier molecular flexibility index (Phi) is 5.41. The van der Waals surface area contributed by atoms with Gasteiger partial charge < -0.3 is 5.32 Å². The van der Waals surface area contributed by atoms with E-state index < -0.39 is 0 Å². The smallest absolute Gasteiger partial charge is 0.251 e. The molecular formula is C23H20ClN3O2. The van der Waals surface area contributed by atoms with Crippen LogP contribution in [0.15, 0.2) is 67.3 Å². The summed E-state index contributed by atoms with van der Waals surface area (Å²) in [5.74, 6) is -0.127. The third kappa shape index (κ3) is 4.20. The molecule has 1 saturated carbocycles. The topological polar surface area (TPSA) is 72.0 Å². The number of benzene rings is 2. The SMILES string of the molecule is O=C(Cc1ccc(C2(NC(=O)c3ccc(Cl)cc3)CCC2)cc1)c1cncnc1. The second-order valence-electron chi connectivity index (χ2n) is 7.32. The molecule has 1 N–H and O–H groups in total. The summed E-state index contributed by atoms with van der Waals surface area (Å²) in [5.41, 5.74) is 2.72. The molecule has 1 fully saturated rings. The van der Waals surface area contributed by atoms with Gasteiger partial charge in [0, 0.05) is 29.4 Å². The van der Waals surface area contributed by atoms with Crippen LogP contribution in [0.5, 0.6) is 0 Å². The van der Waals surface area contributed by atoms with E-state index in [2.05, 4.69) is 15.3 Å². The van der Waals surface area contributed by atoms with Crippen LogP contribution in [-0.2, 0) is 12.0 Å². The van der Waals surface area contributed by atoms with Crippen molar-refractivity contribution in [1.82, 2.24) is 15.3 Å². The summed E-state index contributed by atoms with van der Waals surface area (Å²) >= 11 is 5.91. The summed E-state index contributed by atoms with van der Waals surface area (Å²) < 4.78 is 0. The minimum Gasteiger partial charge on any atom is -0.343 e. The quantitative estimate of drug-likeness (QED) is 0.618. The van der Waals surface area contributed by atoms with E-state index in [4.69, 9.17) is 11.6 Å². The molecule has 1 aromatic heterocycles. The van der Waals surface area contributed by atoms with Gasteiger partial charge in [-0.05, 0) is 54.7 Å². The molecule has 1 aliphatic carbocycles. The Morgan fingerprint density at radius 3 is 2.17 bits per heavy atom. The number of rotatable bonds is 6. The Hall–Kier alpha value is -3.05. The van der Waals surface area contributed by atoms with Gasteiger partial charge in [0.2, 0.25) is 0 Å². The molecule has 0 spiro atoms. The van der Waals surface area contributed by atoms with E-state index in [-0.39, 0.29) is 23.7 Å². The molecule has 146 valence electrons. The molecule has 29 heavy (non-hydrogen) atoms. The van der Waals surface area contributed by atoms with Crippen molar-refractivity contribution in [2.24, 2.45) is 0 Å². The first-order chi connectivity index (χ1) is 14.1. The van der Waals surface area contributed by atoms with Gasteiger partial charge in [0.05, 0.1) is 11.1 Å². The Morgan fingerprint density at radius 2 is 1.59 bits per heavy atom. The van der Waals surface area contributed by atoms with Gasteiger partial charge in [-0.1, -0.05) is 35.9 Å². The largest absolute Gasteiger partial charge is 0.343 e. The zero-order valence-corrected chi connectivity index (χ0v) is 16.5. The zero-order chi connectivity index (χ0) is 20.3. The predicted molar refractivity (Wildman–Crippen MR) is 111 cm³/mol. The Balaban J connectivity index is 1.47. The van der Waals surface area contributed by atoms with Gasteiger partial charge in [0.1, 0.15) is 6.33 Å². The first-order valence-electron chi connectivity index (χ1n) is 9.51. The van der Waals surface area contributed by atoms with Crippen molar-refractivity contribution < 1.29 is 9.59 Å². The van der Waals surface area contributed by atoms with E-state index >= 15 is 0 Å². The van der Waals surface area contributed by atoms with Gasteiger partial charge >= 0.3 is 0 Å². The summed E-state index contributed by atoms with van der Waals surface area (Å²) in [5, 5.41) is 3.81. The number of carbonyl (C=O) groups excluding carboxylic acids is 2. The number of nitrogens with zero attached hydrogens (tertiary/aromatic N) is 2. The second-order valence-corrected chi connectivity index (χ2v) is 7.76. The molecular weight excluding hydrogens is 386 g/mol. The average molecular weight is 406 g/mol. The number of Topliss-reactive ketones (excluding diaryl/α,β-unsaturated/α-hetero) is 1. The van der Waals surface area contributed by atoms with Crippen LogP contribution in [0.1, 0.15) is 51.1 Å². The molecule has 2 aromatic carbocycles. The predicted octanol–water partition coefficient (Wildman–Crippen LogP) is 4.36. The van der Waals surface area contributed by atoms with Gasteiger partial charge in [-0.3, -0.25) is 9.59 Å². The van der Waals surface area contributed by atoms with E-state index in [1.807, 2.05) is 24.3 Å². The molecule has 0 bridgehead atoms. The van der Waals surface area contributed by atoms with E-state index in [9.17, 15) is 9.59 Å². The number of hydrogen-bond acceptors (Lipinski definition) is 4. The average Bonchev–Trinajstić information content (AvgIpc) is 2.72. The maximum absolute atomic E-state index is 12.7. The van der Waals surface area contributed by atoms with Gasteiger partial charge in [-0.15, -0.1) is 0 Å². The maximum Gasteiger partial charge on any atom is 0.251 e. The van der Waals surface area contributed by atoms with Crippen LogP contribution in [-0.4, -0.2) is 21.7 Å². The zero-order valence-electron chi connectivity index (χ0n) is 15.8. The van der Waals surface area contributed by atoms with Crippen LogP contribution >= 0.6 is 11.6 Å². The Bertz CT molecular complexity index is 1010. The number of ketones is 1. The Morgan fingerprint density at radius 1 is 0.931 bits per heavy atom. The third-order valence-electron chi connectivity index (χ3n) is 5.42. The number of halogens is 1. The van der Waals surface area contributed by atoms with Crippen LogP contribution in [0.2, 0.25) is 5.02 Å². The standard InChI is InChI=1S/C23H20ClN3O2/c24-20-8-4-17(5-9-20)22(29)27-23(10-1-11-23)19-6-2-16(3-7-19)12-21(28)18-13-25-15-26-14-18/h2-9,13-15H,1,10-12H2,(H,27,29). The summed E-state index contributed by atoms with van der Waals surface area (Å²) in [4.78, 5) is 32.8. The molecule has 5 nitrogen and oxygen atoms in total. The van der Waals surface area contributed by atoms with Crippen molar-refractivity contribution in [1.29, 1.82) is 0 Å². The van der Waals surface area contributed by atoms with Gasteiger partial charge in [0.15, 0.2) is 5.78 Å². The molecule has 0 unspecified atom stereocenters. The third-order valence-corrected chi connectivity index (χ3v) is 5.67. The van der Waals surface area contributed by atoms with Crippen molar-refractivity contribution in [3.05, 3.63) is 94.5 Å². The highest BCUT2D eigenvalue weighted by Gasteiger charge is 2.40. The molecule has 0 aliphatic heterocycles. The second kappa shape index (κ2) is 8.13. The summed E-state index contributed by atoms with van der Waals surface area (Å²) in [6, 6.07) is 14.8. The highest BCUT2D eigenvalue weighted by molar-refractivity contribution is 6.30. The van der Waals surface area contributed by atoms with Crippen molar-refractivity contribution in [3.8, 4) is 0 Å². The van der Waals surface area contributed by atoms with E-state index in [0.29, 0.717) is 16.1 Å². The van der Waals surface area contributed by atoms with Crippen LogP contribution < -0.4 is 5.32 Å². The van der Waals surface area contributed by atoms with Gasteiger partial charge in [-0.25, -0.2) is 9.97 Å². The molecule has 0 atom stereocenters. The highest BCUT2D eigenvalue weighted by Crippen LogP contribution is 2.41. The molecule has 1 heterocycles. The lowest BCUT2D eigenvalue weighted by atomic mass is 9.71. The minimum absolute atomic E-state index is 0.0206. The fourth-order valence-electron chi connectivity index (χ4n) is 3.58. The number of amides is 1. The molecule has 4 rings (SSSR count). The fourth-order valence-corrected chi connectivity index (χ4v) is 3.71. The number of aromatic nitrogens is 2. The molecule has 6 heteroatoms. The van der Waals surface area contributed by atoms with Crippen molar-refractivity contribution in [2.45, 2.75) is 31.2 Å². The summed E-state index contributed by atoms with van der Waals surface area (Å²) in [6.07, 6.45) is 7.60. The van der Waals surface area contributed by atoms with E-state index in [1.165, 1.54) is 18.7 Å². The molecule has 0 saturated heterocycles.